The zero-order valence-electron chi connectivity index (χ0n) is 19.3. The van der Waals surface area contributed by atoms with Crippen LogP contribution in [0.25, 0.3) is 22.0 Å². The predicted octanol–water partition coefficient (Wildman–Crippen LogP) is 3.69. The summed E-state index contributed by atoms with van der Waals surface area (Å²) in [6.45, 7) is 8.94. The number of nitrogens with one attached hydrogen (secondary N) is 1. The standard InChI is InChI=1S/C27H26N6O/c1-3-22(34)33-13-27(14-33)6-7-32(12-27)26-19(10-28)24(18-9-16-8-17(16)25(18)30-26)23-15(2)4-5-21-20(23)11-29-31-21/h3-5,11,16-17H,1,6-9,12-14H2,2H3,(H,29,31)/t16-,17-/m0/s1. The molecule has 4 heterocycles. The molecule has 1 spiro atoms. The van der Waals surface area contributed by atoms with E-state index in [2.05, 4.69) is 46.8 Å². The molecule has 1 N–H and O–H groups in total. The van der Waals surface area contributed by atoms with E-state index in [1.165, 1.54) is 23.8 Å². The van der Waals surface area contributed by atoms with Crippen LogP contribution in [0.1, 0.15) is 41.1 Å². The van der Waals surface area contributed by atoms with Crippen molar-refractivity contribution in [2.75, 3.05) is 31.1 Å². The Balaban J connectivity index is 1.36. The summed E-state index contributed by atoms with van der Waals surface area (Å²) < 4.78 is 0. The van der Waals surface area contributed by atoms with Gasteiger partial charge in [-0.2, -0.15) is 10.4 Å². The van der Waals surface area contributed by atoms with Crippen LogP contribution < -0.4 is 4.90 Å². The van der Waals surface area contributed by atoms with Crippen molar-refractivity contribution in [2.24, 2.45) is 11.3 Å². The van der Waals surface area contributed by atoms with E-state index in [0.29, 0.717) is 17.4 Å². The van der Waals surface area contributed by atoms with Crippen LogP contribution in [0.5, 0.6) is 0 Å². The highest BCUT2D eigenvalue weighted by Crippen LogP contribution is 2.59. The molecule has 7 rings (SSSR count). The first-order valence-electron chi connectivity index (χ1n) is 12.1. The third-order valence-corrected chi connectivity index (χ3v) is 8.52. The van der Waals surface area contributed by atoms with Gasteiger partial charge in [0.05, 0.1) is 17.4 Å². The number of aromatic amines is 1. The molecule has 34 heavy (non-hydrogen) atoms. The maximum absolute atomic E-state index is 12.0. The second-order valence-electron chi connectivity index (χ2n) is 10.6. The summed E-state index contributed by atoms with van der Waals surface area (Å²) in [7, 11) is 0. The third kappa shape index (κ3) is 2.60. The highest BCUT2D eigenvalue weighted by atomic mass is 16.2. The van der Waals surface area contributed by atoms with Crippen molar-refractivity contribution in [3.63, 3.8) is 0 Å². The number of amides is 1. The molecule has 2 aliphatic heterocycles. The number of hydrogen-bond donors (Lipinski definition) is 1. The number of aromatic nitrogens is 3. The minimum atomic E-state index is 0.00295. The van der Waals surface area contributed by atoms with Crippen LogP contribution in [0, 0.1) is 29.6 Å². The van der Waals surface area contributed by atoms with Crippen molar-refractivity contribution in [2.45, 2.75) is 32.1 Å². The normalized spacial score (nSPS) is 23.5. The van der Waals surface area contributed by atoms with Crippen LogP contribution >= 0.6 is 0 Å². The molecule has 3 fully saturated rings. The Morgan fingerprint density at radius 3 is 2.97 bits per heavy atom. The molecule has 2 aliphatic carbocycles. The van der Waals surface area contributed by atoms with E-state index in [1.54, 1.807) is 0 Å². The van der Waals surface area contributed by atoms with Crippen molar-refractivity contribution in [1.29, 1.82) is 5.26 Å². The second kappa shape index (κ2) is 6.69. The zero-order valence-corrected chi connectivity index (χ0v) is 19.3. The lowest BCUT2D eigenvalue weighted by Gasteiger charge is -2.47. The summed E-state index contributed by atoms with van der Waals surface area (Å²) in [5, 5.41) is 18.9. The number of nitriles is 1. The minimum absolute atomic E-state index is 0.00295. The molecule has 3 aromatic rings. The van der Waals surface area contributed by atoms with E-state index in [-0.39, 0.29) is 11.3 Å². The molecule has 7 heteroatoms. The molecule has 2 saturated heterocycles. The van der Waals surface area contributed by atoms with E-state index < -0.39 is 0 Å². The molecular weight excluding hydrogens is 424 g/mol. The van der Waals surface area contributed by atoms with Gasteiger partial charge in [-0.25, -0.2) is 4.98 Å². The first-order valence-corrected chi connectivity index (χ1v) is 12.1. The van der Waals surface area contributed by atoms with Crippen LogP contribution in [-0.2, 0) is 11.2 Å². The Hall–Kier alpha value is -3.66. The van der Waals surface area contributed by atoms with Crippen molar-refractivity contribution < 1.29 is 4.79 Å². The topological polar surface area (TPSA) is 88.9 Å². The lowest BCUT2D eigenvalue weighted by Crippen LogP contribution is -2.59. The van der Waals surface area contributed by atoms with Gasteiger partial charge in [0.1, 0.15) is 17.5 Å². The summed E-state index contributed by atoms with van der Waals surface area (Å²) in [4.78, 5) is 21.4. The van der Waals surface area contributed by atoms with Gasteiger partial charge in [-0.1, -0.05) is 12.6 Å². The highest BCUT2D eigenvalue weighted by Gasteiger charge is 2.51. The van der Waals surface area contributed by atoms with Crippen LogP contribution in [-0.4, -0.2) is 52.2 Å². The third-order valence-electron chi connectivity index (χ3n) is 8.52. The largest absolute Gasteiger partial charge is 0.355 e. The van der Waals surface area contributed by atoms with Crippen LogP contribution in [0.4, 0.5) is 5.82 Å². The van der Waals surface area contributed by atoms with E-state index in [4.69, 9.17) is 4.98 Å². The maximum atomic E-state index is 12.0. The number of hydrogen-bond acceptors (Lipinski definition) is 5. The number of pyridine rings is 1. The number of anilines is 1. The molecule has 0 radical (unpaired) electrons. The lowest BCUT2D eigenvalue weighted by molar-refractivity contribution is -0.136. The van der Waals surface area contributed by atoms with Crippen molar-refractivity contribution >= 4 is 22.6 Å². The van der Waals surface area contributed by atoms with Gasteiger partial charge in [-0.15, -0.1) is 0 Å². The molecule has 1 saturated carbocycles. The quantitative estimate of drug-likeness (QED) is 0.615. The molecule has 1 amide bonds. The van der Waals surface area contributed by atoms with E-state index in [1.807, 2.05) is 11.1 Å². The molecule has 0 unspecified atom stereocenters. The molecule has 4 aliphatic rings. The number of benzene rings is 1. The van der Waals surface area contributed by atoms with E-state index in [0.717, 1.165) is 72.4 Å². The Morgan fingerprint density at radius 1 is 1.32 bits per heavy atom. The van der Waals surface area contributed by atoms with Crippen LogP contribution in [0.3, 0.4) is 0 Å². The Bertz CT molecular complexity index is 1440. The average Bonchev–Trinajstić information content (AvgIpc) is 3.18. The molecule has 7 nitrogen and oxygen atoms in total. The number of likely N-dealkylation sites (tertiary alicyclic amines) is 1. The Kier molecular flexibility index (Phi) is 3.89. The first kappa shape index (κ1) is 19.8. The van der Waals surface area contributed by atoms with Gasteiger partial charge in [0.15, 0.2) is 0 Å². The number of rotatable bonds is 3. The molecule has 170 valence electrons. The number of aryl methyl sites for hydroxylation is 1. The van der Waals surface area contributed by atoms with Gasteiger partial charge in [0.25, 0.3) is 0 Å². The predicted molar refractivity (Wildman–Crippen MR) is 129 cm³/mol. The number of fused-ring (bicyclic) bond motifs is 4. The Morgan fingerprint density at radius 2 is 2.18 bits per heavy atom. The zero-order chi connectivity index (χ0) is 23.2. The number of H-pyrrole nitrogens is 1. The second-order valence-corrected chi connectivity index (χ2v) is 10.6. The average molecular weight is 451 g/mol. The summed E-state index contributed by atoms with van der Waals surface area (Å²) in [5.74, 6) is 2.03. The summed E-state index contributed by atoms with van der Waals surface area (Å²) >= 11 is 0. The fourth-order valence-corrected chi connectivity index (χ4v) is 6.70. The van der Waals surface area contributed by atoms with Crippen LogP contribution in [0.2, 0.25) is 0 Å². The monoisotopic (exact) mass is 450 g/mol. The molecule has 2 atom stereocenters. The Labute approximate surface area is 198 Å². The van der Waals surface area contributed by atoms with Crippen LogP contribution in [0.15, 0.2) is 31.0 Å². The molecular formula is C27H26N6O. The first-order chi connectivity index (χ1) is 16.5. The van der Waals surface area contributed by atoms with Gasteiger partial charge in [0.2, 0.25) is 5.91 Å². The fraction of sp³-hybridized carbons (Fsp3) is 0.407. The number of carbonyl (C=O) groups excluding carboxylic acids is 1. The minimum Gasteiger partial charge on any atom is -0.355 e. The van der Waals surface area contributed by atoms with Gasteiger partial charge in [-0.05, 0) is 60.9 Å². The maximum Gasteiger partial charge on any atom is 0.245 e. The SMILES string of the molecule is C=CC(=O)N1CC2(CCN(c3nc4c(c(-c5c(C)ccc6[nH]ncc56)c3C#N)C[C@@H]3C[C@H]43)C2)C1. The summed E-state index contributed by atoms with van der Waals surface area (Å²) in [6.07, 6.45) is 6.50. The van der Waals surface area contributed by atoms with Gasteiger partial charge < -0.3 is 9.80 Å². The van der Waals surface area contributed by atoms with E-state index >= 15 is 0 Å². The van der Waals surface area contributed by atoms with E-state index in [9.17, 15) is 10.1 Å². The number of nitrogens with zero attached hydrogens (tertiary/aromatic N) is 5. The fourth-order valence-electron chi connectivity index (χ4n) is 6.70. The van der Waals surface area contributed by atoms with Crippen molar-refractivity contribution in [3.05, 3.63) is 53.4 Å². The number of carbonyl (C=O) groups is 1. The smallest absolute Gasteiger partial charge is 0.245 e. The van der Waals surface area contributed by atoms with Gasteiger partial charge >= 0.3 is 0 Å². The van der Waals surface area contributed by atoms with Crippen molar-refractivity contribution in [1.82, 2.24) is 20.1 Å². The van der Waals surface area contributed by atoms with Crippen molar-refractivity contribution in [3.8, 4) is 17.2 Å². The summed E-state index contributed by atoms with van der Waals surface area (Å²) in [5.41, 5.74) is 7.57. The molecule has 1 aromatic carbocycles. The highest BCUT2D eigenvalue weighted by molar-refractivity contribution is 6.00. The molecule has 2 aromatic heterocycles. The lowest BCUT2D eigenvalue weighted by atomic mass is 9.79. The van der Waals surface area contributed by atoms with Gasteiger partial charge in [0, 0.05) is 48.5 Å². The van der Waals surface area contributed by atoms with Gasteiger partial charge in [-0.3, -0.25) is 9.89 Å². The summed E-state index contributed by atoms with van der Waals surface area (Å²) in [6, 6.07) is 6.74. The molecule has 0 bridgehead atoms.